The number of benzene rings is 3. The van der Waals surface area contributed by atoms with E-state index in [1.165, 1.54) is 0 Å². The predicted molar refractivity (Wildman–Crippen MR) is 139 cm³/mol. The summed E-state index contributed by atoms with van der Waals surface area (Å²) in [5, 5.41) is 9.49. The Morgan fingerprint density at radius 1 is 0.944 bits per heavy atom. The van der Waals surface area contributed by atoms with Crippen molar-refractivity contribution in [3.05, 3.63) is 108 Å². The van der Waals surface area contributed by atoms with Gasteiger partial charge in [0.2, 0.25) is 17.6 Å². The third kappa shape index (κ3) is 5.37. The van der Waals surface area contributed by atoms with Gasteiger partial charge in [0.15, 0.2) is 0 Å². The van der Waals surface area contributed by atoms with E-state index in [0.717, 1.165) is 28.1 Å². The van der Waals surface area contributed by atoms with Crippen LogP contribution in [0.3, 0.4) is 0 Å². The number of aromatic nitrogens is 4. The maximum atomic E-state index is 13.0. The van der Waals surface area contributed by atoms with Crippen LogP contribution < -0.4 is 0 Å². The quantitative estimate of drug-likeness (QED) is 0.269. The fourth-order valence-electron chi connectivity index (χ4n) is 3.90. The van der Waals surface area contributed by atoms with E-state index in [1.54, 1.807) is 24.1 Å². The van der Waals surface area contributed by atoms with Crippen LogP contribution in [0.15, 0.2) is 95.6 Å². The van der Waals surface area contributed by atoms with E-state index >= 15 is 0 Å². The molecule has 1 amide bonds. The highest BCUT2D eigenvalue weighted by Gasteiger charge is 2.18. The van der Waals surface area contributed by atoms with Gasteiger partial charge in [-0.05, 0) is 36.4 Å². The van der Waals surface area contributed by atoms with Crippen molar-refractivity contribution in [1.82, 2.24) is 24.8 Å². The van der Waals surface area contributed by atoms with Crippen molar-refractivity contribution in [3.8, 4) is 28.3 Å². The number of para-hydroxylation sites is 1. The van der Waals surface area contributed by atoms with Crippen LogP contribution in [0.2, 0.25) is 5.02 Å². The van der Waals surface area contributed by atoms with Crippen LogP contribution >= 0.6 is 11.6 Å². The number of carbonyl (C=O) groups is 1. The summed E-state index contributed by atoms with van der Waals surface area (Å²) in [5.41, 5.74) is 4.58. The Labute approximate surface area is 214 Å². The normalized spacial score (nSPS) is 10.9. The molecule has 0 saturated heterocycles. The Hall–Kier alpha value is -4.23. The van der Waals surface area contributed by atoms with Gasteiger partial charge in [0.05, 0.1) is 11.4 Å². The lowest BCUT2D eigenvalue weighted by Crippen LogP contribution is -2.26. The molecule has 0 aliphatic rings. The number of aryl methyl sites for hydroxylation is 1. The van der Waals surface area contributed by atoms with Gasteiger partial charge >= 0.3 is 0 Å². The zero-order chi connectivity index (χ0) is 24.9. The first-order valence-electron chi connectivity index (χ1n) is 11.6. The Kier molecular flexibility index (Phi) is 6.91. The van der Waals surface area contributed by atoms with Crippen molar-refractivity contribution >= 4 is 17.5 Å². The first kappa shape index (κ1) is 23.5. The van der Waals surface area contributed by atoms with Gasteiger partial charge < -0.3 is 9.42 Å². The smallest absolute Gasteiger partial charge is 0.227 e. The third-order valence-corrected chi connectivity index (χ3v) is 6.07. The first-order valence-corrected chi connectivity index (χ1v) is 12.0. The zero-order valence-electron chi connectivity index (χ0n) is 19.7. The minimum Gasteiger partial charge on any atom is -0.341 e. The molecule has 0 bridgehead atoms. The van der Waals surface area contributed by atoms with E-state index in [0.29, 0.717) is 29.7 Å². The molecule has 180 valence electrons. The minimum absolute atomic E-state index is 0.0206. The summed E-state index contributed by atoms with van der Waals surface area (Å²) < 4.78 is 7.20. The van der Waals surface area contributed by atoms with Gasteiger partial charge in [-0.1, -0.05) is 65.3 Å². The molecule has 36 heavy (non-hydrogen) atoms. The van der Waals surface area contributed by atoms with Crippen LogP contribution in [-0.4, -0.2) is 37.8 Å². The number of nitrogens with zero attached hydrogens (tertiary/aromatic N) is 5. The summed E-state index contributed by atoms with van der Waals surface area (Å²) in [6.07, 6.45) is 2.60. The van der Waals surface area contributed by atoms with Gasteiger partial charge in [-0.2, -0.15) is 10.1 Å². The molecule has 3 aromatic carbocycles. The van der Waals surface area contributed by atoms with E-state index in [9.17, 15) is 4.79 Å². The highest BCUT2D eigenvalue weighted by Crippen LogP contribution is 2.25. The second-order valence-corrected chi connectivity index (χ2v) is 8.85. The molecule has 8 heteroatoms. The van der Waals surface area contributed by atoms with Crippen molar-refractivity contribution in [2.75, 3.05) is 7.05 Å². The molecular weight excluding hydrogens is 474 g/mol. The van der Waals surface area contributed by atoms with Crippen LogP contribution in [0.25, 0.3) is 28.3 Å². The molecule has 0 spiro atoms. The fraction of sp³-hybridized carbons (Fsp3) is 0.143. The third-order valence-electron chi connectivity index (χ3n) is 5.81. The van der Waals surface area contributed by atoms with E-state index < -0.39 is 0 Å². The highest BCUT2D eigenvalue weighted by atomic mass is 35.5. The lowest BCUT2D eigenvalue weighted by atomic mass is 10.1. The summed E-state index contributed by atoms with van der Waals surface area (Å²) in [6, 6.07) is 27.1. The molecule has 0 unspecified atom stereocenters. The summed E-state index contributed by atoms with van der Waals surface area (Å²) in [6.45, 7) is 0.426. The van der Waals surface area contributed by atoms with Crippen LogP contribution in [0.1, 0.15) is 17.9 Å². The van der Waals surface area contributed by atoms with Crippen molar-refractivity contribution in [2.24, 2.45) is 0 Å². The average molecular weight is 498 g/mol. The molecule has 0 aliphatic heterocycles. The maximum absolute atomic E-state index is 13.0. The number of rotatable bonds is 8. The van der Waals surface area contributed by atoms with E-state index in [1.807, 2.05) is 83.7 Å². The molecule has 0 radical (unpaired) electrons. The molecule has 0 saturated carbocycles. The summed E-state index contributed by atoms with van der Waals surface area (Å²) >= 11 is 5.94. The summed E-state index contributed by atoms with van der Waals surface area (Å²) in [7, 11) is 1.80. The van der Waals surface area contributed by atoms with Gasteiger partial charge in [-0.15, -0.1) is 0 Å². The predicted octanol–water partition coefficient (Wildman–Crippen LogP) is 5.83. The topological polar surface area (TPSA) is 77.1 Å². The number of halogens is 1. The SMILES string of the molecule is CN(Cc1cn(-c2ccccc2)nc1-c1ccccc1)C(=O)CCc1nc(-c2ccc(Cl)cc2)no1. The number of hydrogen-bond donors (Lipinski definition) is 0. The van der Waals surface area contributed by atoms with Crippen LogP contribution in [-0.2, 0) is 17.8 Å². The molecular formula is C28H24ClN5O2. The molecule has 7 nitrogen and oxygen atoms in total. The molecule has 2 aromatic heterocycles. The Balaban J connectivity index is 1.28. The number of amides is 1. The Morgan fingerprint density at radius 3 is 2.36 bits per heavy atom. The van der Waals surface area contributed by atoms with Crippen molar-refractivity contribution in [2.45, 2.75) is 19.4 Å². The average Bonchev–Trinajstić information content (AvgIpc) is 3.56. The highest BCUT2D eigenvalue weighted by molar-refractivity contribution is 6.30. The second kappa shape index (κ2) is 10.6. The lowest BCUT2D eigenvalue weighted by molar-refractivity contribution is -0.130. The minimum atomic E-state index is -0.0206. The molecule has 2 heterocycles. The van der Waals surface area contributed by atoms with E-state index in [2.05, 4.69) is 10.1 Å². The first-order chi connectivity index (χ1) is 17.6. The molecule has 0 N–H and O–H groups in total. The summed E-state index contributed by atoms with van der Waals surface area (Å²) in [4.78, 5) is 19.1. The van der Waals surface area contributed by atoms with Crippen molar-refractivity contribution < 1.29 is 9.32 Å². The molecule has 5 rings (SSSR count). The van der Waals surface area contributed by atoms with E-state index in [-0.39, 0.29) is 12.3 Å². The Bertz CT molecular complexity index is 1450. The fourth-order valence-corrected chi connectivity index (χ4v) is 4.02. The molecule has 0 fully saturated rings. The Morgan fingerprint density at radius 2 is 1.64 bits per heavy atom. The second-order valence-electron chi connectivity index (χ2n) is 8.42. The standard InChI is InChI=1S/C28H24ClN5O2/c1-33(26(35)17-16-25-30-28(32-36-25)21-12-14-23(29)15-13-21)18-22-19-34(24-10-6-3-7-11-24)31-27(22)20-8-4-2-5-9-20/h2-15,19H,16-18H2,1H3. The monoisotopic (exact) mass is 497 g/mol. The maximum Gasteiger partial charge on any atom is 0.227 e. The van der Waals surface area contributed by atoms with Gasteiger partial charge in [0.1, 0.15) is 0 Å². The largest absolute Gasteiger partial charge is 0.341 e. The zero-order valence-corrected chi connectivity index (χ0v) is 20.5. The van der Waals surface area contributed by atoms with Crippen molar-refractivity contribution in [3.63, 3.8) is 0 Å². The summed E-state index contributed by atoms with van der Waals surface area (Å²) in [5.74, 6) is 0.875. The molecule has 0 aliphatic carbocycles. The molecule has 0 atom stereocenters. The van der Waals surface area contributed by atoms with Crippen LogP contribution in [0.4, 0.5) is 0 Å². The van der Waals surface area contributed by atoms with Crippen molar-refractivity contribution in [1.29, 1.82) is 0 Å². The van der Waals surface area contributed by atoms with Gasteiger partial charge in [0, 0.05) is 54.3 Å². The van der Waals surface area contributed by atoms with E-state index in [4.69, 9.17) is 21.2 Å². The van der Waals surface area contributed by atoms with Gasteiger partial charge in [0.25, 0.3) is 0 Å². The van der Waals surface area contributed by atoms with Gasteiger partial charge in [-0.25, -0.2) is 4.68 Å². The lowest BCUT2D eigenvalue weighted by Gasteiger charge is -2.16. The van der Waals surface area contributed by atoms with Gasteiger partial charge in [-0.3, -0.25) is 4.79 Å². The number of hydrogen-bond acceptors (Lipinski definition) is 5. The number of carbonyl (C=O) groups excluding carboxylic acids is 1. The van der Waals surface area contributed by atoms with Crippen LogP contribution in [0.5, 0.6) is 0 Å². The molecule has 5 aromatic rings. The van der Waals surface area contributed by atoms with Crippen LogP contribution in [0, 0.1) is 0 Å².